The van der Waals surface area contributed by atoms with Crippen molar-refractivity contribution in [3.63, 3.8) is 0 Å². The van der Waals surface area contributed by atoms with E-state index in [-0.39, 0.29) is 17.9 Å². The summed E-state index contributed by atoms with van der Waals surface area (Å²) < 4.78 is 0. The molecular weight excluding hydrogens is 218 g/mol. The van der Waals surface area contributed by atoms with Crippen LogP contribution >= 0.6 is 0 Å². The standard InChI is InChI=1S/C12H15N3O2/c1-8-3-2-4-10(14-8)12(17)13-7-9-5-6-11(16)15-9/h2-4,9H,5-7H2,1H3,(H,13,17)(H,15,16). The average molecular weight is 233 g/mol. The predicted octanol–water partition coefficient (Wildman–Crippen LogP) is 0.398. The van der Waals surface area contributed by atoms with Gasteiger partial charge in [0.15, 0.2) is 0 Å². The number of pyridine rings is 1. The van der Waals surface area contributed by atoms with Crippen LogP contribution in [0.3, 0.4) is 0 Å². The normalized spacial score (nSPS) is 18.9. The van der Waals surface area contributed by atoms with Crippen LogP contribution in [0.15, 0.2) is 18.2 Å². The Morgan fingerprint density at radius 1 is 1.59 bits per heavy atom. The first kappa shape index (κ1) is 11.6. The monoisotopic (exact) mass is 233 g/mol. The van der Waals surface area contributed by atoms with Crippen LogP contribution < -0.4 is 10.6 Å². The zero-order chi connectivity index (χ0) is 12.3. The number of hydrogen-bond donors (Lipinski definition) is 2. The highest BCUT2D eigenvalue weighted by atomic mass is 16.2. The molecule has 2 heterocycles. The van der Waals surface area contributed by atoms with E-state index < -0.39 is 0 Å². The summed E-state index contributed by atoms with van der Waals surface area (Å²) in [7, 11) is 0. The molecule has 0 bridgehead atoms. The molecular formula is C12H15N3O2. The first-order valence-corrected chi connectivity index (χ1v) is 5.66. The number of nitrogens with zero attached hydrogens (tertiary/aromatic N) is 1. The van der Waals surface area contributed by atoms with Gasteiger partial charge < -0.3 is 10.6 Å². The van der Waals surface area contributed by atoms with E-state index in [4.69, 9.17) is 0 Å². The van der Waals surface area contributed by atoms with Gasteiger partial charge in [-0.05, 0) is 25.5 Å². The molecule has 5 nitrogen and oxygen atoms in total. The zero-order valence-corrected chi connectivity index (χ0v) is 9.69. The maximum atomic E-state index is 11.7. The first-order valence-electron chi connectivity index (χ1n) is 5.66. The molecule has 1 aliphatic heterocycles. The molecule has 1 unspecified atom stereocenters. The van der Waals surface area contributed by atoms with Crippen molar-refractivity contribution in [2.75, 3.05) is 6.54 Å². The molecule has 1 saturated heterocycles. The Morgan fingerprint density at radius 3 is 3.06 bits per heavy atom. The molecule has 0 radical (unpaired) electrons. The number of carbonyl (C=O) groups excluding carboxylic acids is 2. The fraction of sp³-hybridized carbons (Fsp3) is 0.417. The van der Waals surface area contributed by atoms with E-state index in [1.165, 1.54) is 0 Å². The molecule has 2 rings (SSSR count). The first-order chi connectivity index (χ1) is 8.15. The molecule has 90 valence electrons. The number of aryl methyl sites for hydroxylation is 1. The minimum Gasteiger partial charge on any atom is -0.352 e. The van der Waals surface area contributed by atoms with E-state index >= 15 is 0 Å². The smallest absolute Gasteiger partial charge is 0.269 e. The summed E-state index contributed by atoms with van der Waals surface area (Å²) in [6.45, 7) is 2.30. The maximum absolute atomic E-state index is 11.7. The van der Waals surface area contributed by atoms with Crippen molar-refractivity contribution < 1.29 is 9.59 Å². The van der Waals surface area contributed by atoms with Crippen LogP contribution in [-0.4, -0.2) is 29.4 Å². The van der Waals surface area contributed by atoms with Crippen LogP contribution in [0.1, 0.15) is 29.0 Å². The van der Waals surface area contributed by atoms with E-state index in [2.05, 4.69) is 15.6 Å². The van der Waals surface area contributed by atoms with Crippen molar-refractivity contribution in [3.05, 3.63) is 29.6 Å². The van der Waals surface area contributed by atoms with Gasteiger partial charge in [-0.1, -0.05) is 6.07 Å². The third kappa shape index (κ3) is 3.03. The zero-order valence-electron chi connectivity index (χ0n) is 9.69. The highest BCUT2D eigenvalue weighted by Gasteiger charge is 2.21. The van der Waals surface area contributed by atoms with E-state index in [0.717, 1.165) is 12.1 Å². The van der Waals surface area contributed by atoms with Gasteiger partial charge in [-0.3, -0.25) is 9.59 Å². The second-order valence-electron chi connectivity index (χ2n) is 4.18. The Labute approximate surface area is 99.6 Å². The number of carbonyl (C=O) groups is 2. The third-order valence-corrected chi connectivity index (χ3v) is 2.71. The lowest BCUT2D eigenvalue weighted by Gasteiger charge is -2.10. The number of amides is 2. The third-order valence-electron chi connectivity index (χ3n) is 2.71. The molecule has 2 amide bonds. The summed E-state index contributed by atoms with van der Waals surface area (Å²) in [4.78, 5) is 26.9. The largest absolute Gasteiger partial charge is 0.352 e. The van der Waals surface area contributed by atoms with E-state index in [1.807, 2.05) is 13.0 Å². The summed E-state index contributed by atoms with van der Waals surface area (Å²) >= 11 is 0. The maximum Gasteiger partial charge on any atom is 0.269 e. The second kappa shape index (κ2) is 4.95. The minimum absolute atomic E-state index is 0.0521. The van der Waals surface area contributed by atoms with Gasteiger partial charge in [-0.25, -0.2) is 4.98 Å². The Morgan fingerprint density at radius 2 is 2.41 bits per heavy atom. The van der Waals surface area contributed by atoms with Gasteiger partial charge in [0.25, 0.3) is 5.91 Å². The topological polar surface area (TPSA) is 71.1 Å². The highest BCUT2D eigenvalue weighted by Crippen LogP contribution is 2.05. The quantitative estimate of drug-likeness (QED) is 0.793. The van der Waals surface area contributed by atoms with E-state index in [9.17, 15) is 9.59 Å². The molecule has 0 aromatic carbocycles. The number of rotatable bonds is 3. The SMILES string of the molecule is Cc1cccc(C(=O)NCC2CCC(=O)N2)n1. The van der Waals surface area contributed by atoms with Crippen molar-refractivity contribution in [1.82, 2.24) is 15.6 Å². The van der Waals surface area contributed by atoms with Crippen molar-refractivity contribution in [1.29, 1.82) is 0 Å². The summed E-state index contributed by atoms with van der Waals surface area (Å²) in [5.74, 6) is -0.146. The molecule has 0 spiro atoms. The molecule has 5 heteroatoms. The molecule has 17 heavy (non-hydrogen) atoms. The fourth-order valence-corrected chi connectivity index (χ4v) is 1.81. The van der Waals surface area contributed by atoms with Crippen LogP contribution in [0.25, 0.3) is 0 Å². The lowest BCUT2D eigenvalue weighted by molar-refractivity contribution is -0.119. The van der Waals surface area contributed by atoms with Gasteiger partial charge in [-0.2, -0.15) is 0 Å². The molecule has 2 N–H and O–H groups in total. The van der Waals surface area contributed by atoms with Gasteiger partial charge in [0.05, 0.1) is 0 Å². The molecule has 1 aromatic rings. The summed E-state index contributed by atoms with van der Waals surface area (Å²) in [6, 6.07) is 5.37. The van der Waals surface area contributed by atoms with Crippen LogP contribution in [0.2, 0.25) is 0 Å². The van der Waals surface area contributed by atoms with Crippen molar-refractivity contribution in [2.45, 2.75) is 25.8 Å². The van der Waals surface area contributed by atoms with E-state index in [1.54, 1.807) is 12.1 Å². The highest BCUT2D eigenvalue weighted by molar-refractivity contribution is 5.92. The van der Waals surface area contributed by atoms with Crippen LogP contribution in [-0.2, 0) is 4.79 Å². The van der Waals surface area contributed by atoms with Crippen LogP contribution in [0, 0.1) is 6.92 Å². The van der Waals surface area contributed by atoms with Crippen molar-refractivity contribution in [3.8, 4) is 0 Å². The van der Waals surface area contributed by atoms with E-state index in [0.29, 0.717) is 18.7 Å². The molecule has 1 fully saturated rings. The summed E-state index contributed by atoms with van der Waals surface area (Å²) in [5.41, 5.74) is 1.22. The number of aromatic nitrogens is 1. The molecule has 0 saturated carbocycles. The second-order valence-corrected chi connectivity index (χ2v) is 4.18. The number of nitrogens with one attached hydrogen (secondary N) is 2. The minimum atomic E-state index is -0.199. The van der Waals surface area contributed by atoms with Gasteiger partial charge in [0.2, 0.25) is 5.91 Å². The Balaban J connectivity index is 1.87. The Bertz CT molecular complexity index is 445. The summed E-state index contributed by atoms with van der Waals surface area (Å²) in [5, 5.41) is 5.57. The molecule has 1 aromatic heterocycles. The Kier molecular flexibility index (Phi) is 3.37. The lowest BCUT2D eigenvalue weighted by Crippen LogP contribution is -2.38. The Hall–Kier alpha value is -1.91. The van der Waals surface area contributed by atoms with Crippen LogP contribution in [0.4, 0.5) is 0 Å². The van der Waals surface area contributed by atoms with Gasteiger partial charge in [0, 0.05) is 24.7 Å². The van der Waals surface area contributed by atoms with Gasteiger partial charge in [0.1, 0.15) is 5.69 Å². The van der Waals surface area contributed by atoms with Crippen LogP contribution in [0.5, 0.6) is 0 Å². The molecule has 1 aliphatic rings. The predicted molar refractivity (Wildman–Crippen MR) is 62.5 cm³/mol. The van der Waals surface area contributed by atoms with Gasteiger partial charge in [-0.15, -0.1) is 0 Å². The molecule has 0 aliphatic carbocycles. The lowest BCUT2D eigenvalue weighted by atomic mass is 10.2. The average Bonchev–Trinajstić information content (AvgIpc) is 2.72. The fourth-order valence-electron chi connectivity index (χ4n) is 1.81. The number of hydrogen-bond acceptors (Lipinski definition) is 3. The van der Waals surface area contributed by atoms with Crippen molar-refractivity contribution >= 4 is 11.8 Å². The molecule has 1 atom stereocenters. The van der Waals surface area contributed by atoms with Crippen molar-refractivity contribution in [2.24, 2.45) is 0 Å². The van der Waals surface area contributed by atoms with Gasteiger partial charge >= 0.3 is 0 Å². The summed E-state index contributed by atoms with van der Waals surface area (Å²) in [6.07, 6.45) is 1.32.